The summed E-state index contributed by atoms with van der Waals surface area (Å²) in [5.41, 5.74) is -0.110. The average molecular weight is 256 g/mol. The minimum Gasteiger partial charge on any atom is -0.508 e. The number of hydrogen-bond acceptors (Lipinski definition) is 5. The molecule has 0 atom stereocenters. The minimum atomic E-state index is -0.461. The number of rotatable bonds is 1. The Labute approximate surface area is 106 Å². The van der Waals surface area contributed by atoms with Crippen molar-refractivity contribution in [2.24, 2.45) is 0 Å². The molecule has 0 spiro atoms. The standard InChI is InChI=1S/C13H8N2O4/c16-8-3-1-7(2-4-8)10-5-9(17)12-13(19-10)14-6-11(18)15-12/h1-6,16H,(H,15,18). The highest BCUT2D eigenvalue weighted by molar-refractivity contribution is 5.70. The number of benzene rings is 1. The van der Waals surface area contributed by atoms with E-state index in [1.54, 1.807) is 12.1 Å². The lowest BCUT2D eigenvalue weighted by Crippen LogP contribution is -2.12. The number of aromatic amines is 1. The molecule has 94 valence electrons. The van der Waals surface area contributed by atoms with Crippen LogP contribution < -0.4 is 11.0 Å². The molecule has 2 N–H and O–H groups in total. The zero-order valence-corrected chi connectivity index (χ0v) is 9.58. The molecule has 0 fully saturated rings. The van der Waals surface area contributed by atoms with Gasteiger partial charge in [0.05, 0.1) is 6.20 Å². The molecule has 0 aliphatic carbocycles. The largest absolute Gasteiger partial charge is 0.508 e. The van der Waals surface area contributed by atoms with E-state index in [4.69, 9.17) is 4.42 Å². The van der Waals surface area contributed by atoms with Crippen LogP contribution in [0.4, 0.5) is 0 Å². The first-order valence-electron chi connectivity index (χ1n) is 5.46. The predicted octanol–water partition coefficient (Wildman–Crippen LogP) is 1.25. The molecule has 2 aromatic heterocycles. The summed E-state index contributed by atoms with van der Waals surface area (Å²) in [4.78, 5) is 29.1. The molecular formula is C13H8N2O4. The first kappa shape index (κ1) is 11.2. The maximum atomic E-state index is 11.9. The molecule has 0 radical (unpaired) electrons. The van der Waals surface area contributed by atoms with Crippen LogP contribution in [0.3, 0.4) is 0 Å². The van der Waals surface area contributed by atoms with Gasteiger partial charge in [-0.15, -0.1) is 0 Å². The van der Waals surface area contributed by atoms with E-state index in [9.17, 15) is 14.7 Å². The van der Waals surface area contributed by atoms with Crippen molar-refractivity contribution in [2.75, 3.05) is 0 Å². The Balaban J connectivity index is 2.26. The van der Waals surface area contributed by atoms with Gasteiger partial charge in [-0.1, -0.05) is 0 Å². The Morgan fingerprint density at radius 1 is 1.16 bits per heavy atom. The van der Waals surface area contributed by atoms with Gasteiger partial charge in [-0.2, -0.15) is 0 Å². The highest BCUT2D eigenvalue weighted by Crippen LogP contribution is 2.22. The number of hydrogen-bond donors (Lipinski definition) is 2. The molecular weight excluding hydrogens is 248 g/mol. The Bertz CT molecular complexity index is 862. The maximum absolute atomic E-state index is 11.9. The lowest BCUT2D eigenvalue weighted by molar-refractivity contribution is 0.475. The van der Waals surface area contributed by atoms with Crippen LogP contribution in [-0.4, -0.2) is 15.1 Å². The first-order chi connectivity index (χ1) is 9.13. The van der Waals surface area contributed by atoms with Crippen molar-refractivity contribution in [2.45, 2.75) is 0 Å². The third kappa shape index (κ3) is 1.99. The summed E-state index contributed by atoms with van der Waals surface area (Å²) in [6.07, 6.45) is 1.05. The molecule has 0 saturated carbocycles. The summed E-state index contributed by atoms with van der Waals surface area (Å²) in [7, 11) is 0. The van der Waals surface area contributed by atoms with E-state index in [2.05, 4.69) is 9.97 Å². The Morgan fingerprint density at radius 3 is 2.63 bits per heavy atom. The summed E-state index contributed by atoms with van der Waals surface area (Å²) >= 11 is 0. The third-order valence-corrected chi connectivity index (χ3v) is 2.63. The van der Waals surface area contributed by atoms with E-state index in [1.807, 2.05) is 0 Å². The lowest BCUT2D eigenvalue weighted by Gasteiger charge is -2.02. The summed E-state index contributed by atoms with van der Waals surface area (Å²) < 4.78 is 5.46. The Hall–Kier alpha value is -2.89. The number of nitrogens with zero attached hydrogens (tertiary/aromatic N) is 1. The number of aromatic nitrogens is 2. The van der Waals surface area contributed by atoms with Crippen molar-refractivity contribution >= 4 is 11.2 Å². The second-order valence-corrected chi connectivity index (χ2v) is 3.95. The predicted molar refractivity (Wildman–Crippen MR) is 68.0 cm³/mol. The number of nitrogens with one attached hydrogen (secondary N) is 1. The van der Waals surface area contributed by atoms with Gasteiger partial charge in [0, 0.05) is 11.6 Å². The lowest BCUT2D eigenvalue weighted by atomic mass is 10.1. The molecule has 0 saturated heterocycles. The van der Waals surface area contributed by atoms with Crippen LogP contribution in [0.25, 0.3) is 22.6 Å². The minimum absolute atomic E-state index is 0.0371. The van der Waals surface area contributed by atoms with Gasteiger partial charge in [-0.3, -0.25) is 9.59 Å². The van der Waals surface area contributed by atoms with Crippen molar-refractivity contribution in [3.05, 3.63) is 57.1 Å². The third-order valence-electron chi connectivity index (χ3n) is 2.63. The molecule has 0 aliphatic heterocycles. The van der Waals surface area contributed by atoms with Crippen LogP contribution in [0.1, 0.15) is 0 Å². The average Bonchev–Trinajstić information content (AvgIpc) is 2.40. The number of fused-ring (bicyclic) bond motifs is 1. The molecule has 6 heteroatoms. The van der Waals surface area contributed by atoms with Crippen LogP contribution in [0.5, 0.6) is 5.75 Å². The van der Waals surface area contributed by atoms with E-state index in [0.29, 0.717) is 11.3 Å². The van der Waals surface area contributed by atoms with Crippen LogP contribution in [0.2, 0.25) is 0 Å². The molecule has 3 aromatic rings. The molecule has 0 unspecified atom stereocenters. The second kappa shape index (κ2) is 4.09. The van der Waals surface area contributed by atoms with Crippen LogP contribution >= 0.6 is 0 Å². The van der Waals surface area contributed by atoms with Gasteiger partial charge in [0.1, 0.15) is 11.5 Å². The van der Waals surface area contributed by atoms with Crippen LogP contribution in [0, 0.1) is 0 Å². The van der Waals surface area contributed by atoms with E-state index < -0.39 is 5.56 Å². The smallest absolute Gasteiger partial charge is 0.267 e. The molecule has 0 amide bonds. The second-order valence-electron chi connectivity index (χ2n) is 3.95. The summed E-state index contributed by atoms with van der Waals surface area (Å²) in [6.45, 7) is 0. The van der Waals surface area contributed by atoms with Gasteiger partial charge >= 0.3 is 0 Å². The summed E-state index contributed by atoms with van der Waals surface area (Å²) in [5.74, 6) is 0.436. The molecule has 0 aliphatic rings. The Kier molecular flexibility index (Phi) is 2.42. The zero-order valence-electron chi connectivity index (χ0n) is 9.58. The molecule has 6 nitrogen and oxygen atoms in total. The highest BCUT2D eigenvalue weighted by atomic mass is 16.3. The molecule has 2 heterocycles. The van der Waals surface area contributed by atoms with Crippen molar-refractivity contribution in [3.63, 3.8) is 0 Å². The van der Waals surface area contributed by atoms with Gasteiger partial charge in [0.15, 0.2) is 5.52 Å². The fourth-order valence-electron chi connectivity index (χ4n) is 1.73. The topological polar surface area (TPSA) is 96.2 Å². The number of aromatic hydroxyl groups is 1. The monoisotopic (exact) mass is 256 g/mol. The summed E-state index contributed by atoms with van der Waals surface area (Å²) in [5, 5.41) is 9.22. The van der Waals surface area contributed by atoms with E-state index in [1.165, 1.54) is 18.2 Å². The SMILES string of the molecule is O=c1cnc2oc(-c3ccc(O)cc3)cc(=O)c2[nH]1. The van der Waals surface area contributed by atoms with Gasteiger partial charge in [-0.25, -0.2) is 4.98 Å². The zero-order chi connectivity index (χ0) is 13.4. The van der Waals surface area contributed by atoms with Gasteiger partial charge in [-0.05, 0) is 24.3 Å². The number of phenols is 1. The normalized spacial score (nSPS) is 10.7. The van der Waals surface area contributed by atoms with E-state index in [-0.39, 0.29) is 22.4 Å². The van der Waals surface area contributed by atoms with Crippen LogP contribution in [0.15, 0.2) is 50.5 Å². The first-order valence-corrected chi connectivity index (χ1v) is 5.46. The molecule has 0 bridgehead atoms. The quantitative estimate of drug-likeness (QED) is 0.683. The molecule has 3 rings (SSSR count). The number of H-pyrrole nitrogens is 1. The van der Waals surface area contributed by atoms with Crippen molar-refractivity contribution in [3.8, 4) is 17.1 Å². The summed E-state index contributed by atoms with van der Waals surface area (Å²) in [6, 6.07) is 7.47. The van der Waals surface area contributed by atoms with Gasteiger partial charge in [0.25, 0.3) is 5.56 Å². The van der Waals surface area contributed by atoms with Crippen LogP contribution in [-0.2, 0) is 0 Å². The molecule has 1 aromatic carbocycles. The van der Waals surface area contributed by atoms with Crippen molar-refractivity contribution in [1.82, 2.24) is 9.97 Å². The highest BCUT2D eigenvalue weighted by Gasteiger charge is 2.08. The van der Waals surface area contributed by atoms with Crippen molar-refractivity contribution < 1.29 is 9.52 Å². The Morgan fingerprint density at radius 2 is 1.89 bits per heavy atom. The molecule has 19 heavy (non-hydrogen) atoms. The van der Waals surface area contributed by atoms with E-state index >= 15 is 0 Å². The fourth-order valence-corrected chi connectivity index (χ4v) is 1.73. The van der Waals surface area contributed by atoms with Crippen molar-refractivity contribution in [1.29, 1.82) is 0 Å². The van der Waals surface area contributed by atoms with E-state index in [0.717, 1.165) is 6.20 Å². The maximum Gasteiger partial charge on any atom is 0.267 e. The fraction of sp³-hybridized carbons (Fsp3) is 0. The van der Waals surface area contributed by atoms with Gasteiger partial charge < -0.3 is 14.5 Å². The number of phenolic OH excluding ortho intramolecular Hbond substituents is 1. The van der Waals surface area contributed by atoms with Gasteiger partial charge in [0.2, 0.25) is 11.1 Å².